The van der Waals surface area contributed by atoms with Crippen LogP contribution >= 0.6 is 27.5 Å². The molecule has 0 spiro atoms. The summed E-state index contributed by atoms with van der Waals surface area (Å²) in [4.78, 5) is 12.8. The van der Waals surface area contributed by atoms with Crippen LogP contribution in [0.3, 0.4) is 0 Å². The Morgan fingerprint density at radius 2 is 1.73 bits per heavy atom. The third-order valence-corrected chi connectivity index (χ3v) is 5.59. The lowest BCUT2D eigenvalue weighted by Gasteiger charge is -2.11. The van der Waals surface area contributed by atoms with Gasteiger partial charge in [0.2, 0.25) is 0 Å². The third-order valence-electron chi connectivity index (χ3n) is 4.72. The zero-order valence-electron chi connectivity index (χ0n) is 16.8. The maximum absolute atomic E-state index is 13.6. The Bertz CT molecular complexity index is 1240. The average Bonchev–Trinajstić information content (AvgIpc) is 3.11. The molecule has 0 aromatic heterocycles. The highest BCUT2D eigenvalue weighted by molar-refractivity contribution is 9.10. The molecule has 3 aromatic rings. The number of hydrazone groups is 1. The molecule has 0 saturated carbocycles. The summed E-state index contributed by atoms with van der Waals surface area (Å²) < 4.78 is 47.2. The highest BCUT2D eigenvalue weighted by Crippen LogP contribution is 2.34. The van der Waals surface area contributed by atoms with Crippen molar-refractivity contribution >= 4 is 50.9 Å². The highest BCUT2D eigenvalue weighted by atomic mass is 79.9. The van der Waals surface area contributed by atoms with Crippen molar-refractivity contribution in [1.29, 1.82) is 0 Å². The molecule has 1 aliphatic heterocycles. The molecule has 3 aromatic carbocycles. The molecule has 0 unspecified atom stereocenters. The second-order valence-electron chi connectivity index (χ2n) is 7.06. The number of para-hydroxylation sites is 1. The molecule has 168 valence electrons. The third kappa shape index (κ3) is 5.29. The van der Waals surface area contributed by atoms with Crippen LogP contribution in [-0.4, -0.2) is 17.8 Å². The zero-order valence-corrected chi connectivity index (χ0v) is 19.2. The largest absolute Gasteiger partial charge is 0.488 e. The Morgan fingerprint density at radius 1 is 1.03 bits per heavy atom. The number of rotatable bonds is 5. The van der Waals surface area contributed by atoms with E-state index in [-0.39, 0.29) is 12.3 Å². The minimum Gasteiger partial charge on any atom is -0.488 e. The van der Waals surface area contributed by atoms with Gasteiger partial charge in [-0.2, -0.15) is 23.3 Å². The Kier molecular flexibility index (Phi) is 6.58. The summed E-state index contributed by atoms with van der Waals surface area (Å²) in [5.74, 6) is -0.354. The second kappa shape index (κ2) is 9.41. The maximum Gasteiger partial charge on any atom is 0.435 e. The van der Waals surface area contributed by atoms with Gasteiger partial charge < -0.3 is 4.74 Å². The van der Waals surface area contributed by atoms with Gasteiger partial charge in [0.25, 0.3) is 5.91 Å². The van der Waals surface area contributed by atoms with Crippen LogP contribution in [-0.2, 0) is 11.4 Å². The zero-order chi connectivity index (χ0) is 23.6. The summed E-state index contributed by atoms with van der Waals surface area (Å²) >= 11 is 9.25. The van der Waals surface area contributed by atoms with E-state index in [2.05, 4.69) is 21.0 Å². The number of anilines is 1. The van der Waals surface area contributed by atoms with E-state index in [1.165, 1.54) is 18.2 Å². The molecular formula is C24H15BrClF3N2O2. The molecule has 0 atom stereocenters. The van der Waals surface area contributed by atoms with Crippen LogP contribution in [0.2, 0.25) is 5.02 Å². The summed E-state index contributed by atoms with van der Waals surface area (Å²) in [5.41, 5.74) is -0.236. The first kappa shape index (κ1) is 23.1. The Balaban J connectivity index is 1.59. The van der Waals surface area contributed by atoms with Crippen LogP contribution in [0.5, 0.6) is 5.75 Å². The minimum atomic E-state index is -4.79. The molecule has 4 rings (SSSR count). The van der Waals surface area contributed by atoms with Gasteiger partial charge in [-0.25, -0.2) is 0 Å². The standard InChI is InChI=1S/C24H15BrClF3N2O2/c25-20-13-16(8-11-21(20)33-14-15-6-9-17(26)10-7-15)12-19-22(24(27,28)29)30-31(23(19)32)18-4-2-1-3-5-18/h1-13H,14H2/b19-12-. The predicted molar refractivity (Wildman–Crippen MR) is 125 cm³/mol. The summed E-state index contributed by atoms with van der Waals surface area (Å²) in [6.45, 7) is 0.283. The molecule has 1 heterocycles. The number of benzene rings is 3. The lowest BCUT2D eigenvalue weighted by Crippen LogP contribution is -2.25. The Labute approximate surface area is 201 Å². The van der Waals surface area contributed by atoms with Gasteiger partial charge in [0.05, 0.1) is 15.7 Å². The number of amides is 1. The van der Waals surface area contributed by atoms with Gasteiger partial charge in [-0.05, 0) is 69.5 Å². The Morgan fingerprint density at radius 3 is 2.36 bits per heavy atom. The van der Waals surface area contributed by atoms with Crippen molar-refractivity contribution in [1.82, 2.24) is 0 Å². The van der Waals surface area contributed by atoms with Crippen molar-refractivity contribution < 1.29 is 22.7 Å². The molecule has 1 aliphatic rings. The van der Waals surface area contributed by atoms with Gasteiger partial charge in [0.1, 0.15) is 12.4 Å². The molecule has 1 amide bonds. The number of carbonyl (C=O) groups is 1. The van der Waals surface area contributed by atoms with Gasteiger partial charge in [-0.15, -0.1) is 0 Å². The van der Waals surface area contributed by atoms with E-state index in [1.54, 1.807) is 48.5 Å². The minimum absolute atomic E-state index is 0.250. The molecule has 0 bridgehead atoms. The summed E-state index contributed by atoms with van der Waals surface area (Å²) in [5, 5.41) is 4.93. The number of alkyl halides is 3. The van der Waals surface area contributed by atoms with Gasteiger partial charge in [-0.1, -0.05) is 48.0 Å². The fraction of sp³-hybridized carbons (Fsp3) is 0.0833. The monoisotopic (exact) mass is 534 g/mol. The van der Waals surface area contributed by atoms with Crippen molar-refractivity contribution in [3.05, 3.63) is 99.0 Å². The van der Waals surface area contributed by atoms with Crippen LogP contribution in [0.15, 0.2) is 87.9 Å². The van der Waals surface area contributed by atoms with Gasteiger partial charge in [0, 0.05) is 5.02 Å². The van der Waals surface area contributed by atoms with Crippen molar-refractivity contribution in [3.63, 3.8) is 0 Å². The molecule has 0 saturated heterocycles. The van der Waals surface area contributed by atoms with Crippen LogP contribution in [0, 0.1) is 0 Å². The van der Waals surface area contributed by atoms with Gasteiger partial charge in [0.15, 0.2) is 5.71 Å². The van der Waals surface area contributed by atoms with Crippen molar-refractivity contribution in [2.75, 3.05) is 5.01 Å². The van der Waals surface area contributed by atoms with E-state index in [0.717, 1.165) is 10.6 Å². The highest BCUT2D eigenvalue weighted by Gasteiger charge is 2.46. The first-order valence-electron chi connectivity index (χ1n) is 9.66. The topological polar surface area (TPSA) is 41.9 Å². The summed E-state index contributed by atoms with van der Waals surface area (Å²) in [6, 6.07) is 19.9. The van der Waals surface area contributed by atoms with Crippen LogP contribution in [0.1, 0.15) is 11.1 Å². The van der Waals surface area contributed by atoms with Crippen molar-refractivity contribution in [2.45, 2.75) is 12.8 Å². The smallest absolute Gasteiger partial charge is 0.435 e. The van der Waals surface area contributed by atoms with Crippen molar-refractivity contribution in [3.8, 4) is 5.75 Å². The van der Waals surface area contributed by atoms with Crippen LogP contribution in [0.25, 0.3) is 6.08 Å². The number of hydrogen-bond donors (Lipinski definition) is 0. The van der Waals surface area contributed by atoms with E-state index in [1.807, 2.05) is 12.1 Å². The number of carbonyl (C=O) groups excluding carboxylic acids is 1. The van der Waals surface area contributed by atoms with Crippen LogP contribution < -0.4 is 9.75 Å². The van der Waals surface area contributed by atoms with E-state index >= 15 is 0 Å². The first-order valence-corrected chi connectivity index (χ1v) is 10.8. The lowest BCUT2D eigenvalue weighted by molar-refractivity contribution is -0.114. The number of nitrogens with zero attached hydrogens (tertiary/aromatic N) is 2. The van der Waals surface area contributed by atoms with E-state index < -0.39 is 23.4 Å². The average molecular weight is 536 g/mol. The SMILES string of the molecule is O=C1/C(=C\c2ccc(OCc3ccc(Cl)cc3)c(Br)c2)C(C(F)(F)F)=NN1c1ccccc1. The normalized spacial score (nSPS) is 15.2. The number of ether oxygens (including phenoxy) is 1. The molecule has 0 N–H and O–H groups in total. The molecule has 33 heavy (non-hydrogen) atoms. The molecule has 4 nitrogen and oxygen atoms in total. The van der Waals surface area contributed by atoms with E-state index in [0.29, 0.717) is 20.8 Å². The molecule has 0 aliphatic carbocycles. The molecule has 0 fully saturated rings. The number of halogens is 5. The predicted octanol–water partition coefficient (Wildman–Crippen LogP) is 7.03. The van der Waals surface area contributed by atoms with Crippen LogP contribution in [0.4, 0.5) is 18.9 Å². The quantitative estimate of drug-likeness (QED) is 0.329. The van der Waals surface area contributed by atoms with Crippen molar-refractivity contribution in [2.24, 2.45) is 5.10 Å². The number of hydrogen-bond acceptors (Lipinski definition) is 3. The summed E-state index contributed by atoms with van der Waals surface area (Å²) in [6.07, 6.45) is -3.62. The molecule has 0 radical (unpaired) electrons. The van der Waals surface area contributed by atoms with Gasteiger partial charge in [-0.3, -0.25) is 4.79 Å². The molecule has 9 heteroatoms. The lowest BCUT2D eigenvalue weighted by atomic mass is 10.1. The first-order chi connectivity index (χ1) is 15.7. The summed E-state index contributed by atoms with van der Waals surface area (Å²) in [7, 11) is 0. The Hall–Kier alpha value is -3.10. The van der Waals surface area contributed by atoms with E-state index in [9.17, 15) is 18.0 Å². The molecular weight excluding hydrogens is 521 g/mol. The fourth-order valence-corrected chi connectivity index (χ4v) is 3.77. The maximum atomic E-state index is 13.6. The second-order valence-corrected chi connectivity index (χ2v) is 8.35. The van der Waals surface area contributed by atoms with E-state index in [4.69, 9.17) is 16.3 Å². The fourth-order valence-electron chi connectivity index (χ4n) is 3.13. The van der Waals surface area contributed by atoms with Gasteiger partial charge >= 0.3 is 6.18 Å².